The van der Waals surface area contributed by atoms with Crippen molar-refractivity contribution in [1.29, 1.82) is 0 Å². The molecule has 0 aliphatic carbocycles. The monoisotopic (exact) mass is 473 g/mol. The fourth-order valence-corrected chi connectivity index (χ4v) is 6.35. The molecule has 1 amide bonds. The molecular weight excluding hydrogens is 449 g/mol. The Hall–Kier alpha value is -3.78. The van der Waals surface area contributed by atoms with Crippen molar-refractivity contribution < 1.29 is 18.8 Å². The molecule has 4 atom stereocenters. The normalized spacial score (nSPS) is 27.0. The Morgan fingerprint density at radius 1 is 1.11 bits per heavy atom. The molecule has 1 N–H and O–H groups in total. The first kappa shape index (κ1) is 21.7. The van der Waals surface area contributed by atoms with Gasteiger partial charge in [-0.2, -0.15) is 0 Å². The number of halogens is 1. The maximum Gasteiger partial charge on any atom is 0.256 e. The van der Waals surface area contributed by atoms with Crippen LogP contribution in [0.2, 0.25) is 0 Å². The van der Waals surface area contributed by atoms with E-state index in [0.29, 0.717) is 29.1 Å². The summed E-state index contributed by atoms with van der Waals surface area (Å²) in [6, 6.07) is 19.6. The van der Waals surface area contributed by atoms with Crippen LogP contribution in [0.15, 0.2) is 72.8 Å². The van der Waals surface area contributed by atoms with Gasteiger partial charge in [0.05, 0.1) is 5.92 Å². The van der Waals surface area contributed by atoms with Gasteiger partial charge in [0, 0.05) is 28.8 Å². The van der Waals surface area contributed by atoms with Crippen LogP contribution >= 0.6 is 0 Å². The quantitative estimate of drug-likeness (QED) is 0.437. The number of amides is 1. The average Bonchev–Trinajstić information content (AvgIpc) is 3.51. The van der Waals surface area contributed by atoms with Gasteiger partial charge in [0.25, 0.3) is 11.9 Å². The highest BCUT2D eigenvalue weighted by molar-refractivity contribution is 6.07. The van der Waals surface area contributed by atoms with Crippen molar-refractivity contribution in [3.8, 4) is 5.75 Å². The van der Waals surface area contributed by atoms with Crippen LogP contribution in [0.25, 0.3) is 0 Å². The summed E-state index contributed by atoms with van der Waals surface area (Å²) in [5.74, 6) is -0.483. The number of carbonyl (C=O) groups excluding carboxylic acids is 1. The molecule has 3 aliphatic heterocycles. The van der Waals surface area contributed by atoms with Crippen molar-refractivity contribution in [2.24, 2.45) is 0 Å². The number of carbonyl (C=O) groups is 1. The number of benzene rings is 3. The number of para-hydroxylation sites is 1. The van der Waals surface area contributed by atoms with Gasteiger partial charge in [0.1, 0.15) is 18.2 Å². The second-order valence-electron chi connectivity index (χ2n) is 9.41. The second-order valence-corrected chi connectivity index (χ2v) is 9.41. The summed E-state index contributed by atoms with van der Waals surface area (Å²) in [6.45, 7) is 0.858. The molecule has 6 rings (SSSR count). The molecule has 0 saturated carbocycles. The van der Waals surface area contributed by atoms with E-state index in [1.807, 2.05) is 36.4 Å². The Bertz CT molecular complexity index is 1310. The van der Waals surface area contributed by atoms with Gasteiger partial charge in [-0.25, -0.2) is 4.39 Å². The number of anilines is 1. The summed E-state index contributed by atoms with van der Waals surface area (Å²) in [5, 5.41) is 15.5. The van der Waals surface area contributed by atoms with Gasteiger partial charge in [-0.05, 0) is 54.3 Å². The molecular formula is C27H24FN3O4. The summed E-state index contributed by atoms with van der Waals surface area (Å²) in [4.78, 5) is 27.9. The van der Waals surface area contributed by atoms with E-state index in [1.54, 1.807) is 24.3 Å². The van der Waals surface area contributed by atoms with E-state index < -0.39 is 17.5 Å². The number of hydrogen-bond donors (Lipinski definition) is 1. The minimum absolute atomic E-state index is 0.110. The molecule has 7 nitrogen and oxygen atoms in total. The highest BCUT2D eigenvalue weighted by Crippen LogP contribution is 2.58. The largest absolute Gasteiger partial charge is 0.489 e. The second kappa shape index (κ2) is 8.16. The zero-order valence-electron chi connectivity index (χ0n) is 18.9. The number of nitro groups is 1. The number of rotatable bonds is 5. The van der Waals surface area contributed by atoms with Gasteiger partial charge in [-0.1, -0.05) is 42.5 Å². The lowest BCUT2D eigenvalue weighted by Gasteiger charge is -2.32. The minimum atomic E-state index is -1.32. The summed E-state index contributed by atoms with van der Waals surface area (Å²) >= 11 is 0. The maximum absolute atomic E-state index is 13.5. The third kappa shape index (κ3) is 3.24. The molecule has 0 unspecified atom stereocenters. The van der Waals surface area contributed by atoms with Crippen LogP contribution < -0.4 is 10.1 Å². The summed E-state index contributed by atoms with van der Waals surface area (Å²) < 4.78 is 19.2. The van der Waals surface area contributed by atoms with Crippen LogP contribution in [0.3, 0.4) is 0 Å². The first-order valence-corrected chi connectivity index (χ1v) is 11.8. The number of nitrogens with one attached hydrogen (secondary N) is 1. The number of ether oxygens (including phenoxy) is 1. The highest BCUT2D eigenvalue weighted by atomic mass is 19.1. The molecule has 1 spiro atoms. The molecule has 0 bridgehead atoms. The number of nitrogens with zero attached hydrogens (tertiary/aromatic N) is 2. The molecule has 0 aromatic heterocycles. The van der Waals surface area contributed by atoms with Crippen molar-refractivity contribution in [1.82, 2.24) is 4.90 Å². The molecule has 3 heterocycles. The SMILES string of the molecule is O=C1Nc2ccccc2[C@]12[C@H]([N+](=O)[O-])[C@H](c1ccc(OCc3cccc(F)c3)cc1)[C@@H]1CCCN12. The van der Waals surface area contributed by atoms with E-state index in [4.69, 9.17) is 4.74 Å². The topological polar surface area (TPSA) is 84.7 Å². The predicted octanol–water partition coefficient (Wildman–Crippen LogP) is 4.46. The molecule has 3 aliphatic rings. The Morgan fingerprint density at radius 2 is 1.91 bits per heavy atom. The van der Waals surface area contributed by atoms with Crippen molar-refractivity contribution in [3.05, 3.63) is 105 Å². The zero-order valence-corrected chi connectivity index (χ0v) is 18.9. The lowest BCUT2D eigenvalue weighted by atomic mass is 9.77. The molecule has 8 heteroatoms. The van der Waals surface area contributed by atoms with Gasteiger partial charge in [0.15, 0.2) is 5.54 Å². The Kier molecular flexibility index (Phi) is 5.07. The third-order valence-electron chi connectivity index (χ3n) is 7.65. The fraction of sp³-hybridized carbons (Fsp3) is 0.296. The first-order valence-electron chi connectivity index (χ1n) is 11.8. The summed E-state index contributed by atoms with van der Waals surface area (Å²) in [6.07, 6.45) is 1.68. The van der Waals surface area contributed by atoms with E-state index in [0.717, 1.165) is 18.4 Å². The molecule has 178 valence electrons. The van der Waals surface area contributed by atoms with Crippen LogP contribution in [0.4, 0.5) is 10.1 Å². The predicted molar refractivity (Wildman–Crippen MR) is 127 cm³/mol. The van der Waals surface area contributed by atoms with Crippen LogP contribution in [-0.2, 0) is 16.9 Å². The Labute approximate surface area is 201 Å². The van der Waals surface area contributed by atoms with Crippen molar-refractivity contribution in [2.75, 3.05) is 11.9 Å². The standard InChI is InChI=1S/C27H24FN3O4/c28-19-6-3-5-17(15-19)16-35-20-12-10-18(11-13-20)24-23-9-4-14-30(23)27(25(24)31(33)34)21-7-1-2-8-22(21)29-26(27)32/h1-3,5-8,10-13,15,23-25H,4,9,14,16H2,(H,29,32)/t23-,24+,25+,27-/m0/s1. The molecule has 0 radical (unpaired) electrons. The van der Waals surface area contributed by atoms with E-state index in [1.165, 1.54) is 12.1 Å². The van der Waals surface area contributed by atoms with E-state index in [9.17, 15) is 19.3 Å². The first-order chi connectivity index (χ1) is 17.0. The van der Waals surface area contributed by atoms with Gasteiger partial charge in [-0.3, -0.25) is 19.8 Å². The fourth-order valence-electron chi connectivity index (χ4n) is 6.35. The maximum atomic E-state index is 13.5. The molecule has 2 fully saturated rings. The van der Waals surface area contributed by atoms with Gasteiger partial charge in [0.2, 0.25) is 0 Å². The van der Waals surface area contributed by atoms with E-state index in [2.05, 4.69) is 10.2 Å². The zero-order chi connectivity index (χ0) is 24.2. The van der Waals surface area contributed by atoms with Crippen molar-refractivity contribution >= 4 is 11.6 Å². The van der Waals surface area contributed by atoms with Gasteiger partial charge in [-0.15, -0.1) is 0 Å². The highest BCUT2D eigenvalue weighted by Gasteiger charge is 2.73. The van der Waals surface area contributed by atoms with Crippen molar-refractivity contribution in [2.45, 2.75) is 43.0 Å². The van der Waals surface area contributed by atoms with Crippen LogP contribution in [0.5, 0.6) is 5.75 Å². The van der Waals surface area contributed by atoms with E-state index in [-0.39, 0.29) is 29.3 Å². The summed E-state index contributed by atoms with van der Waals surface area (Å²) in [5.41, 5.74) is 1.55. The van der Waals surface area contributed by atoms with Crippen LogP contribution in [0.1, 0.15) is 35.4 Å². The van der Waals surface area contributed by atoms with Crippen LogP contribution in [-0.4, -0.2) is 34.4 Å². The third-order valence-corrected chi connectivity index (χ3v) is 7.65. The van der Waals surface area contributed by atoms with Gasteiger partial charge >= 0.3 is 0 Å². The van der Waals surface area contributed by atoms with Crippen LogP contribution in [0, 0.1) is 15.9 Å². The number of fused-ring (bicyclic) bond motifs is 4. The van der Waals surface area contributed by atoms with Crippen molar-refractivity contribution in [3.63, 3.8) is 0 Å². The number of hydrogen-bond acceptors (Lipinski definition) is 5. The minimum Gasteiger partial charge on any atom is -0.489 e. The smallest absolute Gasteiger partial charge is 0.256 e. The molecule has 3 aromatic carbocycles. The molecule has 35 heavy (non-hydrogen) atoms. The van der Waals surface area contributed by atoms with Gasteiger partial charge < -0.3 is 10.1 Å². The summed E-state index contributed by atoms with van der Waals surface area (Å²) in [7, 11) is 0. The average molecular weight is 474 g/mol. The lowest BCUT2D eigenvalue weighted by molar-refractivity contribution is -0.534. The Morgan fingerprint density at radius 3 is 2.69 bits per heavy atom. The Balaban J connectivity index is 1.35. The lowest BCUT2D eigenvalue weighted by Crippen LogP contribution is -2.55. The molecule has 2 saturated heterocycles. The van der Waals surface area contributed by atoms with E-state index >= 15 is 0 Å². The molecule has 3 aromatic rings.